The zero-order valence-electron chi connectivity index (χ0n) is 15.6. The number of carbonyl (C=O) groups is 1. The van der Waals surface area contributed by atoms with Crippen molar-refractivity contribution in [3.63, 3.8) is 0 Å². The Balaban J connectivity index is 1.73. The number of piperidine rings is 1. The first-order valence-electron chi connectivity index (χ1n) is 9.78. The molecule has 0 aromatic heterocycles. The molecular weight excluding hydrogens is 315 g/mol. The fraction of sp³-hybridized carbons (Fsp3) is 0.667. The maximum absolute atomic E-state index is 13.3. The second kappa shape index (κ2) is 8.31. The van der Waals surface area contributed by atoms with Crippen molar-refractivity contribution in [3.05, 3.63) is 35.6 Å². The van der Waals surface area contributed by atoms with Crippen molar-refractivity contribution in [2.75, 3.05) is 32.7 Å². The number of nitrogens with zero attached hydrogens (tertiary/aromatic N) is 2. The molecule has 25 heavy (non-hydrogen) atoms. The topological polar surface area (TPSA) is 23.6 Å². The Kier molecular flexibility index (Phi) is 6.10. The lowest BCUT2D eigenvalue weighted by molar-refractivity contribution is -0.131. The summed E-state index contributed by atoms with van der Waals surface area (Å²) in [6.45, 7) is 9.19. The van der Waals surface area contributed by atoms with E-state index >= 15 is 0 Å². The van der Waals surface area contributed by atoms with Crippen molar-refractivity contribution in [2.45, 2.75) is 45.4 Å². The summed E-state index contributed by atoms with van der Waals surface area (Å²) in [5.74, 6) is 1.22. The third-order valence-corrected chi connectivity index (χ3v) is 5.62. The number of carbonyl (C=O) groups excluding carboxylic acids is 1. The Labute approximate surface area is 151 Å². The van der Waals surface area contributed by atoms with Gasteiger partial charge in [0.25, 0.3) is 0 Å². The predicted molar refractivity (Wildman–Crippen MR) is 99.0 cm³/mol. The fourth-order valence-corrected chi connectivity index (χ4v) is 4.30. The second-order valence-electron chi connectivity index (χ2n) is 8.18. The van der Waals surface area contributed by atoms with Crippen LogP contribution in [0.5, 0.6) is 0 Å². The van der Waals surface area contributed by atoms with Crippen molar-refractivity contribution in [2.24, 2.45) is 11.8 Å². The van der Waals surface area contributed by atoms with Gasteiger partial charge >= 0.3 is 0 Å². The lowest BCUT2D eigenvalue weighted by Crippen LogP contribution is -2.37. The minimum atomic E-state index is -0.193. The Bertz CT molecular complexity index is 566. The highest BCUT2D eigenvalue weighted by Gasteiger charge is 2.37. The van der Waals surface area contributed by atoms with Crippen LogP contribution in [0.2, 0.25) is 0 Å². The number of hydrogen-bond acceptors (Lipinski definition) is 2. The van der Waals surface area contributed by atoms with Gasteiger partial charge in [0.2, 0.25) is 5.91 Å². The zero-order chi connectivity index (χ0) is 17.8. The first kappa shape index (κ1) is 18.4. The van der Waals surface area contributed by atoms with Gasteiger partial charge in [-0.3, -0.25) is 4.79 Å². The number of likely N-dealkylation sites (tertiary alicyclic amines) is 2. The van der Waals surface area contributed by atoms with Gasteiger partial charge in [-0.15, -0.1) is 0 Å². The van der Waals surface area contributed by atoms with E-state index in [0.29, 0.717) is 24.2 Å². The van der Waals surface area contributed by atoms with Crippen LogP contribution >= 0.6 is 0 Å². The average Bonchev–Trinajstić information content (AvgIpc) is 3.00. The van der Waals surface area contributed by atoms with Crippen molar-refractivity contribution in [1.29, 1.82) is 0 Å². The van der Waals surface area contributed by atoms with Crippen LogP contribution in [0.1, 0.15) is 51.0 Å². The Hall–Kier alpha value is -1.42. The molecule has 2 heterocycles. The SMILES string of the molecule is CC(C)CC(=O)N1C[C@H](CN2CCCCC2)[C@@H](c2ccc(F)cc2)C1. The monoisotopic (exact) mass is 346 g/mol. The first-order chi connectivity index (χ1) is 12.0. The van der Waals surface area contributed by atoms with Crippen molar-refractivity contribution >= 4 is 5.91 Å². The highest BCUT2D eigenvalue weighted by Crippen LogP contribution is 2.34. The van der Waals surface area contributed by atoms with Crippen LogP contribution in [0, 0.1) is 17.7 Å². The number of amides is 1. The van der Waals surface area contributed by atoms with Crippen LogP contribution in [0.15, 0.2) is 24.3 Å². The fourth-order valence-electron chi connectivity index (χ4n) is 4.30. The summed E-state index contributed by atoms with van der Waals surface area (Å²) in [6.07, 6.45) is 4.52. The molecule has 138 valence electrons. The average molecular weight is 346 g/mol. The number of hydrogen-bond donors (Lipinski definition) is 0. The molecule has 2 atom stereocenters. The molecule has 4 heteroatoms. The molecule has 0 spiro atoms. The highest BCUT2D eigenvalue weighted by atomic mass is 19.1. The van der Waals surface area contributed by atoms with Crippen LogP contribution in [-0.4, -0.2) is 48.4 Å². The second-order valence-corrected chi connectivity index (χ2v) is 8.18. The molecule has 2 saturated heterocycles. The molecule has 0 N–H and O–H groups in total. The third-order valence-electron chi connectivity index (χ3n) is 5.62. The van der Waals surface area contributed by atoms with Crippen LogP contribution in [0.3, 0.4) is 0 Å². The van der Waals surface area contributed by atoms with E-state index in [-0.39, 0.29) is 11.7 Å². The summed E-state index contributed by atoms with van der Waals surface area (Å²) < 4.78 is 13.3. The van der Waals surface area contributed by atoms with Crippen LogP contribution in [0.4, 0.5) is 4.39 Å². The van der Waals surface area contributed by atoms with Gasteiger partial charge in [-0.2, -0.15) is 0 Å². The molecule has 2 aliphatic heterocycles. The van der Waals surface area contributed by atoms with E-state index in [2.05, 4.69) is 18.7 Å². The van der Waals surface area contributed by atoms with E-state index in [0.717, 1.165) is 19.6 Å². The molecule has 1 aromatic rings. The quantitative estimate of drug-likeness (QED) is 0.807. The summed E-state index contributed by atoms with van der Waals surface area (Å²) in [5, 5.41) is 0. The molecule has 0 bridgehead atoms. The first-order valence-corrected chi connectivity index (χ1v) is 9.78. The van der Waals surface area contributed by atoms with E-state index in [4.69, 9.17) is 0 Å². The zero-order valence-corrected chi connectivity index (χ0v) is 15.6. The summed E-state index contributed by atoms with van der Waals surface area (Å²) in [5.41, 5.74) is 1.17. The Morgan fingerprint density at radius 2 is 1.80 bits per heavy atom. The Morgan fingerprint density at radius 3 is 2.44 bits per heavy atom. The summed E-state index contributed by atoms with van der Waals surface area (Å²) in [4.78, 5) is 17.2. The molecule has 0 unspecified atom stereocenters. The van der Waals surface area contributed by atoms with Crippen LogP contribution < -0.4 is 0 Å². The van der Waals surface area contributed by atoms with Gasteiger partial charge in [-0.25, -0.2) is 4.39 Å². The van der Waals surface area contributed by atoms with Gasteiger partial charge in [-0.1, -0.05) is 32.4 Å². The van der Waals surface area contributed by atoms with E-state index in [1.165, 1.54) is 37.9 Å². The number of benzene rings is 1. The largest absolute Gasteiger partial charge is 0.342 e. The third kappa shape index (κ3) is 4.81. The maximum Gasteiger partial charge on any atom is 0.222 e. The minimum Gasteiger partial charge on any atom is -0.342 e. The maximum atomic E-state index is 13.3. The summed E-state index contributed by atoms with van der Waals surface area (Å²) in [7, 11) is 0. The molecule has 2 aliphatic rings. The van der Waals surface area contributed by atoms with Crippen molar-refractivity contribution in [1.82, 2.24) is 9.80 Å². The Morgan fingerprint density at radius 1 is 1.12 bits per heavy atom. The van der Waals surface area contributed by atoms with Gasteiger partial charge in [0.15, 0.2) is 0 Å². The molecule has 0 saturated carbocycles. The van der Waals surface area contributed by atoms with Gasteiger partial charge in [-0.05, 0) is 55.5 Å². The van der Waals surface area contributed by atoms with E-state index < -0.39 is 0 Å². The van der Waals surface area contributed by atoms with Crippen LogP contribution in [-0.2, 0) is 4.79 Å². The van der Waals surface area contributed by atoms with E-state index in [1.54, 1.807) is 12.1 Å². The van der Waals surface area contributed by atoms with Gasteiger partial charge in [0.1, 0.15) is 5.82 Å². The number of rotatable bonds is 5. The molecule has 3 rings (SSSR count). The van der Waals surface area contributed by atoms with E-state index in [1.807, 2.05) is 17.0 Å². The molecule has 1 amide bonds. The number of halogens is 1. The van der Waals surface area contributed by atoms with Gasteiger partial charge in [0, 0.05) is 32.0 Å². The normalized spacial score (nSPS) is 24.9. The summed E-state index contributed by atoms with van der Waals surface area (Å²) in [6, 6.07) is 6.90. The van der Waals surface area contributed by atoms with Gasteiger partial charge in [0.05, 0.1) is 0 Å². The molecule has 3 nitrogen and oxygen atoms in total. The molecule has 2 fully saturated rings. The molecule has 0 aliphatic carbocycles. The predicted octanol–water partition coefficient (Wildman–Crippen LogP) is 3.90. The molecule has 0 radical (unpaired) electrons. The van der Waals surface area contributed by atoms with E-state index in [9.17, 15) is 9.18 Å². The molecule has 1 aromatic carbocycles. The highest BCUT2D eigenvalue weighted by molar-refractivity contribution is 5.76. The summed E-state index contributed by atoms with van der Waals surface area (Å²) >= 11 is 0. The van der Waals surface area contributed by atoms with Crippen molar-refractivity contribution in [3.8, 4) is 0 Å². The standard InChI is InChI=1S/C21H31FN2O/c1-16(2)12-21(25)24-14-18(13-23-10-4-3-5-11-23)20(15-24)17-6-8-19(22)9-7-17/h6-9,16,18,20H,3-5,10-15H2,1-2H3/t18-,20+/m0/s1. The molecular formula is C21H31FN2O. The van der Waals surface area contributed by atoms with Crippen molar-refractivity contribution < 1.29 is 9.18 Å². The minimum absolute atomic E-state index is 0.193. The van der Waals surface area contributed by atoms with Crippen LogP contribution in [0.25, 0.3) is 0 Å². The lowest BCUT2D eigenvalue weighted by atomic mass is 9.88. The lowest BCUT2D eigenvalue weighted by Gasteiger charge is -2.31. The van der Waals surface area contributed by atoms with Gasteiger partial charge < -0.3 is 9.80 Å². The smallest absolute Gasteiger partial charge is 0.222 e.